The number of amides is 2. The molecule has 0 radical (unpaired) electrons. The number of ether oxygens (including phenoxy) is 1. The van der Waals surface area contributed by atoms with Gasteiger partial charge in [-0.1, -0.05) is 6.07 Å². The molecule has 0 saturated carbocycles. The number of fused-ring (bicyclic) bond motifs is 2. The highest BCUT2D eigenvalue weighted by Crippen LogP contribution is 2.40. The minimum Gasteiger partial charge on any atom is -0.543 e. The summed E-state index contributed by atoms with van der Waals surface area (Å²) >= 11 is 1.41. The number of carboxylic acid groups (broad SMARTS) is 1. The van der Waals surface area contributed by atoms with Crippen LogP contribution in [-0.2, 0) is 20.9 Å². The van der Waals surface area contributed by atoms with Crippen molar-refractivity contribution in [2.75, 3.05) is 5.75 Å². The number of pyridine rings is 1. The lowest BCUT2D eigenvalue weighted by Gasteiger charge is -2.50. The second kappa shape index (κ2) is 7.35. The molecule has 10 heteroatoms. The molecule has 2 atom stereocenters. The number of aromatic nitrogens is 2. The average molecular weight is 430 g/mol. The molecular weight excluding hydrogens is 408 g/mol. The number of alkyl carbamates (subject to hydrolysis) is 1. The molecule has 2 aliphatic rings. The van der Waals surface area contributed by atoms with Gasteiger partial charge >= 0.3 is 6.09 Å². The van der Waals surface area contributed by atoms with Gasteiger partial charge in [0.2, 0.25) is 0 Å². The zero-order valence-corrected chi connectivity index (χ0v) is 17.6. The fourth-order valence-electron chi connectivity index (χ4n) is 3.61. The first-order chi connectivity index (χ1) is 14.2. The van der Waals surface area contributed by atoms with Crippen LogP contribution in [0.25, 0.3) is 5.65 Å². The quantitative estimate of drug-likeness (QED) is 0.542. The Labute approximate surface area is 177 Å². The molecule has 2 aromatic rings. The number of nitrogens with one attached hydrogen (secondary N) is 1. The third-order valence-electron chi connectivity index (χ3n) is 4.84. The number of hydrogen-bond donors (Lipinski definition) is 1. The average Bonchev–Trinajstić information content (AvgIpc) is 3.07. The summed E-state index contributed by atoms with van der Waals surface area (Å²) in [5.41, 5.74) is 0.669. The van der Waals surface area contributed by atoms with E-state index in [1.54, 1.807) is 20.8 Å². The van der Waals surface area contributed by atoms with E-state index in [4.69, 9.17) is 4.74 Å². The number of nitrogens with zero attached hydrogens (tertiary/aromatic N) is 3. The molecular formula is C20H22N4O5S. The van der Waals surface area contributed by atoms with Crippen LogP contribution >= 0.6 is 11.8 Å². The van der Waals surface area contributed by atoms with E-state index in [-0.39, 0.29) is 5.70 Å². The Hall–Kier alpha value is -3.01. The number of thioether (sulfide) groups is 1. The van der Waals surface area contributed by atoms with Gasteiger partial charge in [0.1, 0.15) is 36.0 Å². The van der Waals surface area contributed by atoms with Crippen LogP contribution in [0.4, 0.5) is 4.79 Å². The second-order valence-electron chi connectivity index (χ2n) is 8.17. The molecule has 0 spiro atoms. The van der Waals surface area contributed by atoms with Gasteiger partial charge in [-0.15, -0.1) is 11.8 Å². The number of aliphatic carboxylic acids is 1. The summed E-state index contributed by atoms with van der Waals surface area (Å²) in [6, 6.07) is 4.90. The number of carboxylic acids is 1. The molecule has 4 heterocycles. The van der Waals surface area contributed by atoms with Gasteiger partial charge in [-0.3, -0.25) is 9.69 Å². The Bertz CT molecular complexity index is 1070. The van der Waals surface area contributed by atoms with Crippen LogP contribution in [0.15, 0.2) is 48.1 Å². The van der Waals surface area contributed by atoms with Crippen LogP contribution in [0.3, 0.4) is 0 Å². The van der Waals surface area contributed by atoms with Crippen LogP contribution < -0.4 is 14.8 Å². The maximum Gasteiger partial charge on any atom is 0.408 e. The Morgan fingerprint density at radius 1 is 1.33 bits per heavy atom. The van der Waals surface area contributed by atoms with Crippen LogP contribution in [0.1, 0.15) is 20.8 Å². The largest absolute Gasteiger partial charge is 0.543 e. The van der Waals surface area contributed by atoms with E-state index in [0.29, 0.717) is 17.9 Å². The lowest BCUT2D eigenvalue weighted by Crippen LogP contribution is -2.71. The lowest BCUT2D eigenvalue weighted by molar-refractivity contribution is -0.510. The second-order valence-corrected chi connectivity index (χ2v) is 9.27. The predicted molar refractivity (Wildman–Crippen MR) is 106 cm³/mol. The van der Waals surface area contributed by atoms with E-state index in [1.165, 1.54) is 16.7 Å². The monoisotopic (exact) mass is 430 g/mol. The Kier molecular flexibility index (Phi) is 4.97. The third-order valence-corrected chi connectivity index (χ3v) is 6.18. The van der Waals surface area contributed by atoms with Crippen LogP contribution in [0.5, 0.6) is 0 Å². The maximum atomic E-state index is 12.7. The van der Waals surface area contributed by atoms with Crippen LogP contribution in [-0.4, -0.2) is 50.2 Å². The number of hydrogen-bond acceptors (Lipinski definition) is 6. The normalized spacial score (nSPS) is 21.3. The van der Waals surface area contributed by atoms with Gasteiger partial charge in [0, 0.05) is 17.4 Å². The van der Waals surface area contributed by atoms with Crippen molar-refractivity contribution in [2.45, 2.75) is 44.3 Å². The van der Waals surface area contributed by atoms with Gasteiger partial charge in [-0.05, 0) is 26.8 Å². The first-order valence-corrected chi connectivity index (χ1v) is 10.5. The van der Waals surface area contributed by atoms with Gasteiger partial charge in [0.25, 0.3) is 11.6 Å². The molecule has 4 rings (SSSR count). The summed E-state index contributed by atoms with van der Waals surface area (Å²) in [7, 11) is 0. The van der Waals surface area contributed by atoms with Crippen molar-refractivity contribution in [1.82, 2.24) is 14.8 Å². The fourth-order valence-corrected chi connectivity index (χ4v) is 4.95. The van der Waals surface area contributed by atoms with E-state index < -0.39 is 35.0 Å². The Morgan fingerprint density at radius 3 is 2.80 bits per heavy atom. The molecule has 1 N–H and O–H groups in total. The van der Waals surface area contributed by atoms with Crippen molar-refractivity contribution in [1.29, 1.82) is 0 Å². The topological polar surface area (TPSA) is 108 Å². The van der Waals surface area contributed by atoms with Crippen molar-refractivity contribution < 1.29 is 28.6 Å². The van der Waals surface area contributed by atoms with Crippen molar-refractivity contribution in [3.8, 4) is 0 Å². The molecule has 0 aliphatic carbocycles. The Balaban J connectivity index is 1.56. The zero-order chi connectivity index (χ0) is 21.6. The van der Waals surface area contributed by atoms with Crippen molar-refractivity contribution in [2.24, 2.45) is 0 Å². The summed E-state index contributed by atoms with van der Waals surface area (Å²) in [5.74, 6) is -1.48. The van der Waals surface area contributed by atoms with E-state index in [1.807, 2.05) is 45.8 Å². The molecule has 0 unspecified atom stereocenters. The summed E-state index contributed by atoms with van der Waals surface area (Å²) in [5, 5.41) is 14.0. The molecule has 1 fully saturated rings. The molecule has 9 nitrogen and oxygen atoms in total. The standard InChI is InChI=1S/C20H22N4O5S/c1-20(2,3)29-19(28)21-14-16(25)24-15(18(26)27)12(11-30-17(14)24)10-23-9-8-22-7-5-4-6-13(22)23/h4-9,14,17H,10-11H2,1-3H3,(H-,21,26,27,28)/t14-,17+/m1/s1. The predicted octanol–water partition coefficient (Wildman–Crippen LogP) is 0.0392. The molecule has 158 valence electrons. The van der Waals surface area contributed by atoms with Gasteiger partial charge in [-0.25, -0.2) is 13.8 Å². The van der Waals surface area contributed by atoms with Crippen LogP contribution in [0, 0.1) is 0 Å². The highest BCUT2D eigenvalue weighted by atomic mass is 32.2. The summed E-state index contributed by atoms with van der Waals surface area (Å²) in [6.45, 7) is 5.49. The van der Waals surface area contributed by atoms with Gasteiger partial charge < -0.3 is 20.0 Å². The number of carbonyl (C=O) groups is 3. The molecule has 1 saturated heterocycles. The van der Waals surface area contributed by atoms with E-state index in [9.17, 15) is 19.5 Å². The molecule has 0 aromatic carbocycles. The number of carbonyl (C=O) groups excluding carboxylic acids is 3. The van der Waals surface area contributed by atoms with Gasteiger partial charge in [0.05, 0.1) is 17.9 Å². The minimum absolute atomic E-state index is 0.117. The zero-order valence-electron chi connectivity index (χ0n) is 16.8. The highest BCUT2D eigenvalue weighted by Gasteiger charge is 2.53. The highest BCUT2D eigenvalue weighted by molar-refractivity contribution is 8.00. The molecule has 30 heavy (non-hydrogen) atoms. The van der Waals surface area contributed by atoms with Crippen molar-refractivity contribution in [3.63, 3.8) is 0 Å². The number of rotatable bonds is 4. The smallest absolute Gasteiger partial charge is 0.408 e. The first-order valence-electron chi connectivity index (χ1n) is 9.48. The fraction of sp³-hybridized carbons (Fsp3) is 0.400. The van der Waals surface area contributed by atoms with Gasteiger partial charge in [-0.2, -0.15) is 0 Å². The van der Waals surface area contributed by atoms with Crippen molar-refractivity contribution >= 4 is 35.4 Å². The van der Waals surface area contributed by atoms with Crippen molar-refractivity contribution in [3.05, 3.63) is 48.1 Å². The summed E-state index contributed by atoms with van der Waals surface area (Å²) < 4.78 is 9.04. The first kappa shape index (κ1) is 20.3. The summed E-state index contributed by atoms with van der Waals surface area (Å²) in [4.78, 5) is 37.8. The van der Waals surface area contributed by atoms with E-state index in [2.05, 4.69) is 5.32 Å². The lowest BCUT2D eigenvalue weighted by atomic mass is 10.0. The number of β-lactam (4-membered cyclic amide) rings is 1. The van der Waals surface area contributed by atoms with Gasteiger partial charge in [0.15, 0.2) is 0 Å². The third kappa shape index (κ3) is 3.62. The Morgan fingerprint density at radius 2 is 2.10 bits per heavy atom. The molecule has 2 aromatic heterocycles. The molecule has 2 aliphatic heterocycles. The number of imidazole rings is 1. The minimum atomic E-state index is -1.40. The maximum absolute atomic E-state index is 12.7. The van der Waals surface area contributed by atoms with E-state index >= 15 is 0 Å². The SMILES string of the molecule is CC(C)(C)OC(=O)N[C@@H]1C(=O)N2C(C(=O)[O-])=C(Cn3cc[n+]4ccccc34)CS[C@@H]12. The molecule has 2 amide bonds. The van der Waals surface area contributed by atoms with Crippen LogP contribution in [0.2, 0.25) is 0 Å². The molecule has 0 bridgehead atoms. The summed E-state index contributed by atoms with van der Waals surface area (Å²) in [6.07, 6.45) is 4.93. The van der Waals surface area contributed by atoms with E-state index in [0.717, 1.165) is 5.65 Å².